The Labute approximate surface area is 276 Å². The Hall–Kier alpha value is -4.36. The van der Waals surface area contributed by atoms with Crippen LogP contribution in [0, 0.1) is 5.82 Å². The number of hydrogen-bond donors (Lipinski definition) is 6. The van der Waals surface area contributed by atoms with Gasteiger partial charge in [-0.15, -0.1) is 0 Å². The predicted molar refractivity (Wildman–Crippen MR) is 173 cm³/mol. The highest BCUT2D eigenvalue weighted by atomic mass is 19.1. The molecule has 2 saturated heterocycles. The number of aromatic hydroxyl groups is 1. The molecule has 0 radical (unpaired) electrons. The van der Waals surface area contributed by atoms with Gasteiger partial charge in [0.05, 0.1) is 12.7 Å². The van der Waals surface area contributed by atoms with Gasteiger partial charge in [-0.2, -0.15) is 0 Å². The number of aliphatic hydroxyl groups excluding tert-OH is 5. The van der Waals surface area contributed by atoms with Gasteiger partial charge < -0.3 is 40.1 Å². The van der Waals surface area contributed by atoms with Crippen LogP contribution in [0.2, 0.25) is 0 Å². The number of carbonyl (C=O) groups is 1. The van der Waals surface area contributed by atoms with Crippen molar-refractivity contribution < 1.29 is 49.3 Å². The Morgan fingerprint density at radius 3 is 2.19 bits per heavy atom. The zero-order valence-electron chi connectivity index (χ0n) is 26.1. The lowest BCUT2D eigenvalue weighted by molar-refractivity contribution is -0.231. The third kappa shape index (κ3) is 6.40. The number of cyclic esters (lactones) is 1. The van der Waals surface area contributed by atoms with Crippen molar-refractivity contribution >= 4 is 11.8 Å². The number of amides is 1. The van der Waals surface area contributed by atoms with Gasteiger partial charge in [0, 0.05) is 11.3 Å². The van der Waals surface area contributed by atoms with Crippen molar-refractivity contribution in [2.45, 2.75) is 68.0 Å². The summed E-state index contributed by atoms with van der Waals surface area (Å²) in [6.07, 6.45) is -7.48. The largest absolute Gasteiger partial charge is 0.508 e. The third-order valence-electron chi connectivity index (χ3n) is 9.35. The molecule has 0 aliphatic carbocycles. The molecule has 252 valence electrons. The minimum atomic E-state index is -1.50. The Morgan fingerprint density at radius 1 is 0.875 bits per heavy atom. The molecule has 0 saturated carbocycles. The van der Waals surface area contributed by atoms with Gasteiger partial charge >= 0.3 is 6.09 Å². The second-order valence-corrected chi connectivity index (χ2v) is 12.5. The van der Waals surface area contributed by atoms with Gasteiger partial charge in [-0.3, -0.25) is 4.90 Å². The van der Waals surface area contributed by atoms with E-state index in [4.69, 9.17) is 9.47 Å². The summed E-state index contributed by atoms with van der Waals surface area (Å²) in [5, 5.41) is 62.7. The second kappa shape index (κ2) is 13.6. The van der Waals surface area contributed by atoms with Gasteiger partial charge in [0.1, 0.15) is 53.7 Å². The summed E-state index contributed by atoms with van der Waals surface area (Å²) in [5.74, 6) is -0.495. The van der Waals surface area contributed by atoms with Crippen LogP contribution in [0.3, 0.4) is 0 Å². The lowest BCUT2D eigenvalue weighted by atomic mass is 9.83. The van der Waals surface area contributed by atoms with E-state index in [9.17, 15) is 39.8 Å². The highest BCUT2D eigenvalue weighted by Crippen LogP contribution is 2.49. The van der Waals surface area contributed by atoms with Crippen LogP contribution in [-0.2, 0) is 9.47 Å². The number of benzene rings is 4. The highest BCUT2D eigenvalue weighted by molar-refractivity contribution is 5.92. The van der Waals surface area contributed by atoms with Crippen LogP contribution in [0.15, 0.2) is 97.1 Å². The Balaban J connectivity index is 1.28. The molecule has 0 spiro atoms. The maximum Gasteiger partial charge on any atom is 0.415 e. The van der Waals surface area contributed by atoms with E-state index >= 15 is 0 Å². The molecule has 4 aromatic carbocycles. The van der Waals surface area contributed by atoms with E-state index in [-0.39, 0.29) is 18.6 Å². The van der Waals surface area contributed by atoms with Crippen LogP contribution in [0.5, 0.6) is 5.75 Å². The lowest BCUT2D eigenvalue weighted by Crippen LogP contribution is -2.55. The fourth-order valence-electron chi connectivity index (χ4n) is 6.65. The van der Waals surface area contributed by atoms with Gasteiger partial charge in [0.15, 0.2) is 0 Å². The number of halogens is 1. The Morgan fingerprint density at radius 2 is 1.54 bits per heavy atom. The van der Waals surface area contributed by atoms with Gasteiger partial charge in [-0.25, -0.2) is 9.18 Å². The predicted octanol–water partition coefficient (Wildman–Crippen LogP) is 4.68. The zero-order valence-corrected chi connectivity index (χ0v) is 26.1. The molecule has 10 nitrogen and oxygen atoms in total. The SMILES string of the molecule is C[C@]1(CCC(O)c2ccc(F)cc2)OC(=O)N(c2ccccc2)[C@@H]1c1ccc(-c2ccc([C@@H]3O[C@H](CO)[C@@H](O)[C@H](O)[C@H]3O)cc2)cc1O. The number of phenols is 1. The van der Waals surface area contributed by atoms with Crippen molar-refractivity contribution in [1.29, 1.82) is 0 Å². The maximum absolute atomic E-state index is 13.5. The zero-order chi connectivity index (χ0) is 34.2. The molecule has 48 heavy (non-hydrogen) atoms. The van der Waals surface area contributed by atoms with Gasteiger partial charge in [0.25, 0.3) is 0 Å². The minimum absolute atomic E-state index is 0.0833. The molecule has 0 bridgehead atoms. The van der Waals surface area contributed by atoms with Crippen molar-refractivity contribution in [2.24, 2.45) is 0 Å². The van der Waals surface area contributed by atoms with Crippen LogP contribution in [-0.4, -0.2) is 73.4 Å². The summed E-state index contributed by atoms with van der Waals surface area (Å²) < 4.78 is 25.1. The van der Waals surface area contributed by atoms with E-state index in [1.165, 1.54) is 29.2 Å². The average molecular weight is 660 g/mol. The first-order valence-electron chi connectivity index (χ1n) is 15.8. The van der Waals surface area contributed by atoms with E-state index in [0.717, 1.165) is 0 Å². The topological polar surface area (TPSA) is 160 Å². The minimum Gasteiger partial charge on any atom is -0.508 e. The fraction of sp³-hybridized carbons (Fsp3) is 0.324. The normalized spacial score (nSPS) is 27.9. The Kier molecular flexibility index (Phi) is 9.53. The van der Waals surface area contributed by atoms with Crippen LogP contribution in [0.25, 0.3) is 11.1 Å². The van der Waals surface area contributed by atoms with Gasteiger partial charge in [-0.05, 0) is 72.4 Å². The molecule has 6 rings (SSSR count). The molecule has 2 aliphatic heterocycles. The highest BCUT2D eigenvalue weighted by Gasteiger charge is 2.53. The molecule has 2 fully saturated rings. The van der Waals surface area contributed by atoms with Crippen molar-refractivity contribution in [2.75, 3.05) is 11.5 Å². The number of aliphatic hydroxyl groups is 5. The average Bonchev–Trinajstić information content (AvgIpc) is 3.36. The third-order valence-corrected chi connectivity index (χ3v) is 9.35. The van der Waals surface area contributed by atoms with E-state index < -0.39 is 66.8 Å². The number of para-hydroxylation sites is 1. The Bertz CT molecular complexity index is 1720. The molecule has 1 unspecified atom stereocenters. The number of anilines is 1. The standard InChI is InChI=1S/C37H38FNO9/c1-37(18-17-28(41)22-11-14-25(38)15-12-22)35(39(36(46)48-37)26-5-3-2-4-6-26)27-16-13-24(19-29(27)42)21-7-9-23(10-8-21)34-33(45)32(44)31(43)30(20-40)47-34/h2-16,19,28,30-35,40-45H,17-18,20H2,1H3/t28?,30-,31-,32+,33-,34+,35-,37-/m1/s1. The number of ether oxygens (including phenoxy) is 2. The summed E-state index contributed by atoms with van der Waals surface area (Å²) >= 11 is 0. The number of rotatable bonds is 9. The van der Waals surface area contributed by atoms with E-state index in [1.54, 1.807) is 73.7 Å². The van der Waals surface area contributed by atoms with Crippen molar-refractivity contribution in [3.8, 4) is 16.9 Å². The smallest absolute Gasteiger partial charge is 0.415 e. The molecule has 4 aromatic rings. The molecule has 2 heterocycles. The number of hydrogen-bond acceptors (Lipinski definition) is 9. The summed E-state index contributed by atoms with van der Waals surface area (Å²) in [7, 11) is 0. The summed E-state index contributed by atoms with van der Waals surface area (Å²) in [4.78, 5) is 14.9. The van der Waals surface area contributed by atoms with E-state index in [1.807, 2.05) is 6.07 Å². The summed E-state index contributed by atoms with van der Waals surface area (Å²) in [5.41, 5.74) is 2.27. The van der Waals surface area contributed by atoms with Crippen LogP contribution >= 0.6 is 0 Å². The van der Waals surface area contributed by atoms with Crippen LogP contribution in [0.4, 0.5) is 14.9 Å². The fourth-order valence-corrected chi connectivity index (χ4v) is 6.65. The van der Waals surface area contributed by atoms with Crippen LogP contribution in [0.1, 0.15) is 54.7 Å². The first-order valence-corrected chi connectivity index (χ1v) is 15.8. The van der Waals surface area contributed by atoms with Gasteiger partial charge in [0.2, 0.25) is 0 Å². The molecule has 11 heteroatoms. The molecule has 0 aromatic heterocycles. The van der Waals surface area contributed by atoms with Crippen molar-refractivity contribution in [1.82, 2.24) is 0 Å². The molecule has 1 amide bonds. The second-order valence-electron chi connectivity index (χ2n) is 12.5. The molecule has 8 atom stereocenters. The number of nitrogens with zero attached hydrogens (tertiary/aromatic N) is 1. The molecule has 6 N–H and O–H groups in total. The maximum atomic E-state index is 13.5. The van der Waals surface area contributed by atoms with Crippen molar-refractivity contribution in [3.63, 3.8) is 0 Å². The quantitative estimate of drug-likeness (QED) is 0.150. The molecule has 2 aliphatic rings. The first-order chi connectivity index (χ1) is 23.0. The van der Waals surface area contributed by atoms with Gasteiger partial charge in [-0.1, -0.05) is 66.7 Å². The monoisotopic (exact) mass is 659 g/mol. The number of carbonyl (C=O) groups excluding carboxylic acids is 1. The van der Waals surface area contributed by atoms with E-state index in [2.05, 4.69) is 0 Å². The van der Waals surface area contributed by atoms with Crippen LogP contribution < -0.4 is 4.90 Å². The molecular formula is C37H38FNO9. The lowest BCUT2D eigenvalue weighted by Gasteiger charge is -2.40. The molecular weight excluding hydrogens is 621 g/mol. The first kappa shape index (κ1) is 33.5. The number of phenolic OH excluding ortho intramolecular Hbond substituents is 1. The van der Waals surface area contributed by atoms with Crippen molar-refractivity contribution in [3.05, 3.63) is 120 Å². The summed E-state index contributed by atoms with van der Waals surface area (Å²) in [6.45, 7) is 1.24. The summed E-state index contributed by atoms with van der Waals surface area (Å²) in [6, 6.07) is 25.8. The van der Waals surface area contributed by atoms with E-state index in [0.29, 0.717) is 33.5 Å².